The van der Waals surface area contributed by atoms with E-state index < -0.39 is 38.7 Å². The summed E-state index contributed by atoms with van der Waals surface area (Å²) < 4.78 is 29.1. The molecule has 6 nitrogen and oxygen atoms in total. The average molecular weight is 375 g/mol. The monoisotopic (exact) mass is 374 g/mol. The minimum Gasteiger partial charge on any atom is -0.413 e. The van der Waals surface area contributed by atoms with Gasteiger partial charge in [-0.25, -0.2) is 0 Å². The van der Waals surface area contributed by atoms with Gasteiger partial charge in [-0.1, -0.05) is 27.4 Å². The normalized spacial score (nSPS) is 33.3. The molecule has 5 atom stereocenters. The number of aliphatic hydroxyl groups is 1. The van der Waals surface area contributed by atoms with Crippen molar-refractivity contribution in [2.24, 2.45) is 0 Å². The summed E-state index contributed by atoms with van der Waals surface area (Å²) in [4.78, 5) is 0. The van der Waals surface area contributed by atoms with Crippen molar-refractivity contribution in [3.8, 4) is 0 Å². The van der Waals surface area contributed by atoms with Crippen LogP contribution in [0.1, 0.15) is 34.6 Å². The molecule has 0 aliphatic carbocycles. The number of methoxy groups -OCH3 is 1. The molecule has 0 aromatic rings. The highest BCUT2D eigenvalue weighted by atomic mass is 28.4. The first-order valence-electron chi connectivity index (χ1n) is 8.83. The number of fused-ring (bicyclic) bond motifs is 1. The maximum atomic E-state index is 10.8. The van der Waals surface area contributed by atoms with E-state index in [2.05, 4.69) is 40.4 Å². The smallest absolute Gasteiger partial charge is 0.192 e. The second kappa shape index (κ2) is 7.03. The first-order chi connectivity index (χ1) is 11.3. The van der Waals surface area contributed by atoms with Crippen molar-refractivity contribution in [1.82, 2.24) is 0 Å². The Morgan fingerprint density at radius 3 is 2.32 bits per heavy atom. The van der Waals surface area contributed by atoms with Crippen LogP contribution in [-0.4, -0.2) is 63.6 Å². The summed E-state index contributed by atoms with van der Waals surface area (Å²) in [5.41, 5.74) is 0.582. The van der Waals surface area contributed by atoms with Gasteiger partial charge >= 0.3 is 0 Å². The third-order valence-corrected chi connectivity index (χ3v) is 9.91. The van der Waals surface area contributed by atoms with Gasteiger partial charge < -0.3 is 28.5 Å². The van der Waals surface area contributed by atoms with Crippen LogP contribution < -0.4 is 0 Å². The second-order valence-electron chi connectivity index (χ2n) is 8.92. The van der Waals surface area contributed by atoms with Crippen molar-refractivity contribution in [2.75, 3.05) is 13.7 Å². The van der Waals surface area contributed by atoms with E-state index in [0.29, 0.717) is 12.2 Å². The zero-order valence-electron chi connectivity index (χ0n) is 16.8. The van der Waals surface area contributed by atoms with Gasteiger partial charge in [-0.15, -0.1) is 0 Å². The highest BCUT2D eigenvalue weighted by molar-refractivity contribution is 6.74. The summed E-state index contributed by atoms with van der Waals surface area (Å²) in [6.07, 6.45) is -2.84. The Labute approximate surface area is 152 Å². The van der Waals surface area contributed by atoms with E-state index >= 15 is 0 Å². The zero-order chi connectivity index (χ0) is 19.2. The van der Waals surface area contributed by atoms with E-state index in [1.54, 1.807) is 7.11 Å². The van der Waals surface area contributed by atoms with E-state index in [1.165, 1.54) is 0 Å². The molecular formula is C18H34O6Si. The molecule has 0 amide bonds. The molecule has 25 heavy (non-hydrogen) atoms. The maximum absolute atomic E-state index is 10.8. The molecule has 0 aromatic heterocycles. The lowest BCUT2D eigenvalue weighted by molar-refractivity contribution is -0.234. The summed E-state index contributed by atoms with van der Waals surface area (Å²) in [6, 6.07) is 0. The predicted molar refractivity (Wildman–Crippen MR) is 97.8 cm³/mol. The summed E-state index contributed by atoms with van der Waals surface area (Å²) in [7, 11) is -0.360. The van der Waals surface area contributed by atoms with Gasteiger partial charge in [0.2, 0.25) is 0 Å². The van der Waals surface area contributed by atoms with Crippen LogP contribution in [-0.2, 0) is 23.4 Å². The summed E-state index contributed by atoms with van der Waals surface area (Å²) in [5, 5.41) is 10.9. The van der Waals surface area contributed by atoms with Crippen molar-refractivity contribution in [3.05, 3.63) is 12.2 Å². The highest BCUT2D eigenvalue weighted by Gasteiger charge is 2.57. The van der Waals surface area contributed by atoms with Crippen LogP contribution in [0.5, 0.6) is 0 Å². The summed E-state index contributed by atoms with van der Waals surface area (Å²) in [5.74, 6) is -0.729. The molecule has 2 heterocycles. The summed E-state index contributed by atoms with van der Waals surface area (Å²) >= 11 is 0. The van der Waals surface area contributed by atoms with E-state index in [1.807, 2.05) is 13.8 Å². The molecule has 0 radical (unpaired) electrons. The van der Waals surface area contributed by atoms with Gasteiger partial charge in [-0.2, -0.15) is 0 Å². The van der Waals surface area contributed by atoms with E-state index in [0.717, 1.165) is 0 Å². The largest absolute Gasteiger partial charge is 0.413 e. The fraction of sp³-hybridized carbons (Fsp3) is 0.889. The Balaban J connectivity index is 2.02. The van der Waals surface area contributed by atoms with Crippen molar-refractivity contribution >= 4 is 8.32 Å². The van der Waals surface area contributed by atoms with Gasteiger partial charge in [0.15, 0.2) is 20.4 Å². The number of aliphatic hydroxyl groups excluding tert-OH is 1. The molecular weight excluding hydrogens is 340 g/mol. The fourth-order valence-electron chi connectivity index (χ4n) is 2.84. The SMILES string of the molecule is C=C(CO[Si](C)(C)C(C)(C)C)[C@H](O)[C@H]1O[C@H](OC)[C@H]2OC(C)(C)O[C@H]21. The molecule has 146 valence electrons. The standard InChI is InChI=1S/C18H34O6Si/c1-11(10-21-25(8,9)17(2,3)4)12(19)13-14-15(16(20-7)22-13)24-18(5,6)23-14/h12-16,19H,1,10H2,2-9H3/t12-,13+,14-,15-,16-/m0/s1. The molecule has 0 unspecified atom stereocenters. The van der Waals surface area contributed by atoms with Gasteiger partial charge in [0.25, 0.3) is 0 Å². The van der Waals surface area contributed by atoms with Crippen LogP contribution in [0, 0.1) is 0 Å². The fourth-order valence-corrected chi connectivity index (χ4v) is 3.82. The molecule has 0 bridgehead atoms. The van der Waals surface area contributed by atoms with E-state index in [9.17, 15) is 5.11 Å². The lowest BCUT2D eigenvalue weighted by Gasteiger charge is -2.37. The Morgan fingerprint density at radius 2 is 1.80 bits per heavy atom. The molecule has 1 N–H and O–H groups in total. The van der Waals surface area contributed by atoms with Gasteiger partial charge in [0, 0.05) is 7.11 Å². The minimum absolute atomic E-state index is 0.0980. The Bertz CT molecular complexity index is 498. The molecule has 7 heteroatoms. The van der Waals surface area contributed by atoms with Gasteiger partial charge in [-0.3, -0.25) is 0 Å². The Morgan fingerprint density at radius 1 is 1.24 bits per heavy atom. The third-order valence-electron chi connectivity index (χ3n) is 5.43. The van der Waals surface area contributed by atoms with Crippen molar-refractivity contribution in [3.63, 3.8) is 0 Å². The highest BCUT2D eigenvalue weighted by Crippen LogP contribution is 2.41. The number of hydrogen-bond donors (Lipinski definition) is 1. The van der Waals surface area contributed by atoms with Crippen LogP contribution in [0.2, 0.25) is 18.1 Å². The van der Waals surface area contributed by atoms with E-state index in [-0.39, 0.29) is 11.1 Å². The summed E-state index contributed by atoms with van der Waals surface area (Å²) in [6.45, 7) is 18.9. The lowest BCUT2D eigenvalue weighted by Crippen LogP contribution is -2.44. The van der Waals surface area contributed by atoms with Gasteiger partial charge in [-0.05, 0) is 37.6 Å². The minimum atomic E-state index is -1.92. The van der Waals surface area contributed by atoms with Crippen LogP contribution in [0.15, 0.2) is 12.2 Å². The second-order valence-corrected chi connectivity index (χ2v) is 13.7. The van der Waals surface area contributed by atoms with Crippen LogP contribution in [0.4, 0.5) is 0 Å². The zero-order valence-corrected chi connectivity index (χ0v) is 17.8. The van der Waals surface area contributed by atoms with E-state index in [4.69, 9.17) is 23.4 Å². The van der Waals surface area contributed by atoms with Crippen LogP contribution in [0.25, 0.3) is 0 Å². The molecule has 2 rings (SSSR count). The molecule has 0 spiro atoms. The Kier molecular flexibility index (Phi) is 5.91. The molecule has 2 fully saturated rings. The van der Waals surface area contributed by atoms with Crippen molar-refractivity contribution < 1.29 is 28.5 Å². The first-order valence-corrected chi connectivity index (χ1v) is 11.7. The molecule has 2 aliphatic rings. The maximum Gasteiger partial charge on any atom is 0.192 e. The number of ether oxygens (including phenoxy) is 4. The first kappa shape index (κ1) is 21.0. The number of hydrogen-bond acceptors (Lipinski definition) is 6. The molecule has 0 saturated carbocycles. The topological polar surface area (TPSA) is 66.4 Å². The van der Waals surface area contributed by atoms with Crippen LogP contribution in [0.3, 0.4) is 0 Å². The predicted octanol–water partition coefficient (Wildman–Crippen LogP) is 2.82. The van der Waals surface area contributed by atoms with Gasteiger partial charge in [0.05, 0.1) is 6.61 Å². The quantitative estimate of drug-likeness (QED) is 0.570. The Hall–Kier alpha value is -0.283. The number of rotatable bonds is 6. The van der Waals surface area contributed by atoms with Crippen molar-refractivity contribution in [2.45, 2.75) is 89.2 Å². The lowest BCUT2D eigenvalue weighted by atomic mass is 10.0. The molecule has 2 saturated heterocycles. The molecule has 2 aliphatic heterocycles. The molecule has 0 aromatic carbocycles. The van der Waals surface area contributed by atoms with Crippen LogP contribution >= 0.6 is 0 Å². The average Bonchev–Trinajstić information content (AvgIpc) is 2.95. The third kappa shape index (κ3) is 4.35. The van der Waals surface area contributed by atoms with Gasteiger partial charge in [0.1, 0.15) is 24.4 Å². The van der Waals surface area contributed by atoms with Crippen molar-refractivity contribution in [1.29, 1.82) is 0 Å².